The zero-order chi connectivity index (χ0) is 8.15. The van der Waals surface area contributed by atoms with Gasteiger partial charge in [0.25, 0.3) is 0 Å². The standard InChI is InChI=1S/C8H19NO/c1-4-7(6(2)3)8(10)5-9/h6-8,10H,4-5,9H2,1-3H3. The number of hydrogen-bond acceptors (Lipinski definition) is 2. The first-order valence-corrected chi connectivity index (χ1v) is 4.01. The first-order chi connectivity index (χ1) is 4.63. The Morgan fingerprint density at radius 1 is 1.40 bits per heavy atom. The van der Waals surface area contributed by atoms with E-state index >= 15 is 0 Å². The van der Waals surface area contributed by atoms with Crippen LogP contribution in [0, 0.1) is 11.8 Å². The highest BCUT2D eigenvalue weighted by atomic mass is 16.3. The molecule has 0 heterocycles. The van der Waals surface area contributed by atoms with Crippen molar-refractivity contribution >= 4 is 0 Å². The lowest BCUT2D eigenvalue weighted by atomic mass is 9.88. The van der Waals surface area contributed by atoms with E-state index in [2.05, 4.69) is 20.8 Å². The third kappa shape index (κ3) is 2.67. The fourth-order valence-corrected chi connectivity index (χ4v) is 1.36. The van der Waals surface area contributed by atoms with Crippen molar-refractivity contribution in [3.8, 4) is 0 Å². The van der Waals surface area contributed by atoms with Crippen LogP contribution in [0.2, 0.25) is 0 Å². The molecule has 0 fully saturated rings. The summed E-state index contributed by atoms with van der Waals surface area (Å²) in [5.74, 6) is 0.897. The van der Waals surface area contributed by atoms with Crippen LogP contribution in [-0.4, -0.2) is 17.8 Å². The average molecular weight is 145 g/mol. The van der Waals surface area contributed by atoms with Gasteiger partial charge in [-0.05, 0) is 11.8 Å². The van der Waals surface area contributed by atoms with Crippen LogP contribution in [0.4, 0.5) is 0 Å². The van der Waals surface area contributed by atoms with Crippen LogP contribution in [0.5, 0.6) is 0 Å². The molecule has 62 valence electrons. The summed E-state index contributed by atoms with van der Waals surface area (Å²) in [6.07, 6.45) is 0.695. The molecule has 0 spiro atoms. The summed E-state index contributed by atoms with van der Waals surface area (Å²) < 4.78 is 0. The lowest BCUT2D eigenvalue weighted by Gasteiger charge is -2.23. The summed E-state index contributed by atoms with van der Waals surface area (Å²) in [6, 6.07) is 0. The summed E-state index contributed by atoms with van der Waals surface area (Å²) >= 11 is 0. The smallest absolute Gasteiger partial charge is 0.0692 e. The molecule has 0 amide bonds. The number of aliphatic hydroxyl groups excluding tert-OH is 1. The van der Waals surface area contributed by atoms with Crippen molar-refractivity contribution < 1.29 is 5.11 Å². The van der Waals surface area contributed by atoms with Gasteiger partial charge in [0.15, 0.2) is 0 Å². The molecule has 10 heavy (non-hydrogen) atoms. The van der Waals surface area contributed by atoms with Crippen LogP contribution in [0.25, 0.3) is 0 Å². The summed E-state index contributed by atoms with van der Waals surface area (Å²) in [6.45, 7) is 6.71. The van der Waals surface area contributed by atoms with E-state index < -0.39 is 0 Å². The fraction of sp³-hybridized carbons (Fsp3) is 1.00. The van der Waals surface area contributed by atoms with Gasteiger partial charge < -0.3 is 10.8 Å². The summed E-state index contributed by atoms with van der Waals surface area (Å²) in [5, 5.41) is 9.36. The Balaban J connectivity index is 3.80. The van der Waals surface area contributed by atoms with Crippen molar-refractivity contribution in [3.05, 3.63) is 0 Å². The third-order valence-electron chi connectivity index (χ3n) is 2.06. The number of nitrogens with two attached hydrogens (primary N) is 1. The second kappa shape index (κ2) is 4.69. The minimum Gasteiger partial charge on any atom is -0.392 e. The molecule has 2 nitrogen and oxygen atoms in total. The van der Waals surface area contributed by atoms with Crippen LogP contribution in [0.15, 0.2) is 0 Å². The van der Waals surface area contributed by atoms with Crippen LogP contribution < -0.4 is 5.73 Å². The Morgan fingerprint density at radius 2 is 1.90 bits per heavy atom. The molecule has 3 N–H and O–H groups in total. The quantitative estimate of drug-likeness (QED) is 0.619. The Hall–Kier alpha value is -0.0800. The zero-order valence-electron chi connectivity index (χ0n) is 7.17. The van der Waals surface area contributed by atoms with Gasteiger partial charge in [0.05, 0.1) is 6.10 Å². The molecule has 0 rings (SSSR count). The average Bonchev–Trinajstić information content (AvgIpc) is 1.88. The maximum atomic E-state index is 9.36. The second-order valence-electron chi connectivity index (χ2n) is 3.12. The van der Waals surface area contributed by atoms with Crippen molar-refractivity contribution in [1.29, 1.82) is 0 Å². The highest BCUT2D eigenvalue weighted by Crippen LogP contribution is 2.18. The Labute approximate surface area is 63.4 Å². The molecule has 0 aromatic carbocycles. The van der Waals surface area contributed by atoms with Crippen LogP contribution in [0.3, 0.4) is 0 Å². The molecular formula is C8H19NO. The van der Waals surface area contributed by atoms with Gasteiger partial charge in [-0.15, -0.1) is 0 Å². The highest BCUT2D eigenvalue weighted by molar-refractivity contribution is 4.70. The van der Waals surface area contributed by atoms with Gasteiger partial charge in [0.1, 0.15) is 0 Å². The molecule has 0 saturated heterocycles. The molecule has 2 unspecified atom stereocenters. The summed E-state index contributed by atoms with van der Waals surface area (Å²) in [5.41, 5.74) is 5.34. The molecule has 0 aliphatic carbocycles. The predicted octanol–water partition coefficient (Wildman–Crippen LogP) is 0.988. The molecule has 2 atom stereocenters. The van der Waals surface area contributed by atoms with Crippen molar-refractivity contribution in [2.24, 2.45) is 17.6 Å². The molecule has 0 radical (unpaired) electrons. The van der Waals surface area contributed by atoms with Gasteiger partial charge in [0.2, 0.25) is 0 Å². The lowest BCUT2D eigenvalue weighted by molar-refractivity contribution is 0.0861. The SMILES string of the molecule is CCC(C(C)C)C(O)CN. The number of rotatable bonds is 4. The molecule has 0 saturated carbocycles. The monoisotopic (exact) mass is 145 g/mol. The maximum Gasteiger partial charge on any atom is 0.0692 e. The van der Waals surface area contributed by atoms with E-state index in [9.17, 15) is 5.11 Å². The lowest BCUT2D eigenvalue weighted by Crippen LogP contribution is -2.31. The molecule has 0 aromatic rings. The number of aliphatic hydroxyl groups is 1. The molecule has 0 aliphatic rings. The van der Waals surface area contributed by atoms with Gasteiger partial charge in [-0.3, -0.25) is 0 Å². The third-order valence-corrected chi connectivity index (χ3v) is 2.06. The van der Waals surface area contributed by atoms with Crippen molar-refractivity contribution in [2.45, 2.75) is 33.3 Å². The summed E-state index contributed by atoms with van der Waals surface area (Å²) in [7, 11) is 0. The maximum absolute atomic E-state index is 9.36. The second-order valence-corrected chi connectivity index (χ2v) is 3.12. The van der Waals surface area contributed by atoms with Crippen molar-refractivity contribution in [3.63, 3.8) is 0 Å². The fourth-order valence-electron chi connectivity index (χ4n) is 1.36. The minimum absolute atomic E-state index is 0.315. The topological polar surface area (TPSA) is 46.2 Å². The van der Waals surface area contributed by atoms with Crippen molar-refractivity contribution in [1.82, 2.24) is 0 Å². The van der Waals surface area contributed by atoms with Gasteiger partial charge in [-0.25, -0.2) is 0 Å². The van der Waals surface area contributed by atoms with E-state index in [0.29, 0.717) is 18.4 Å². The molecule has 0 aliphatic heterocycles. The van der Waals surface area contributed by atoms with Crippen LogP contribution in [-0.2, 0) is 0 Å². The van der Waals surface area contributed by atoms with Crippen LogP contribution in [0.1, 0.15) is 27.2 Å². The Kier molecular flexibility index (Phi) is 4.65. The van der Waals surface area contributed by atoms with E-state index in [1.807, 2.05) is 0 Å². The van der Waals surface area contributed by atoms with Crippen molar-refractivity contribution in [2.75, 3.05) is 6.54 Å². The normalized spacial score (nSPS) is 17.4. The summed E-state index contributed by atoms with van der Waals surface area (Å²) in [4.78, 5) is 0. The van der Waals surface area contributed by atoms with E-state index in [0.717, 1.165) is 6.42 Å². The first kappa shape index (κ1) is 9.92. The predicted molar refractivity (Wildman–Crippen MR) is 43.7 cm³/mol. The van der Waals surface area contributed by atoms with E-state index in [4.69, 9.17) is 5.73 Å². The Bertz CT molecular complexity index is 83.3. The van der Waals surface area contributed by atoms with E-state index in [1.165, 1.54) is 0 Å². The Morgan fingerprint density at radius 3 is 2.00 bits per heavy atom. The largest absolute Gasteiger partial charge is 0.392 e. The van der Waals surface area contributed by atoms with Crippen LogP contribution >= 0.6 is 0 Å². The molecule has 0 aromatic heterocycles. The van der Waals surface area contributed by atoms with Gasteiger partial charge in [-0.2, -0.15) is 0 Å². The molecule has 2 heteroatoms. The van der Waals surface area contributed by atoms with E-state index in [-0.39, 0.29) is 6.10 Å². The highest BCUT2D eigenvalue weighted by Gasteiger charge is 2.18. The van der Waals surface area contributed by atoms with Gasteiger partial charge in [-0.1, -0.05) is 27.2 Å². The van der Waals surface area contributed by atoms with Gasteiger partial charge >= 0.3 is 0 Å². The van der Waals surface area contributed by atoms with E-state index in [1.54, 1.807) is 0 Å². The molecule has 0 bridgehead atoms. The number of hydrogen-bond donors (Lipinski definition) is 2. The molecular weight excluding hydrogens is 126 g/mol. The zero-order valence-corrected chi connectivity index (χ0v) is 7.17. The first-order valence-electron chi connectivity index (χ1n) is 4.01. The van der Waals surface area contributed by atoms with Gasteiger partial charge in [0, 0.05) is 6.54 Å². The minimum atomic E-state index is -0.315.